The van der Waals surface area contributed by atoms with Crippen molar-refractivity contribution in [2.75, 3.05) is 41.3 Å². The van der Waals surface area contributed by atoms with Crippen LogP contribution in [0.15, 0.2) is 24.3 Å². The van der Waals surface area contributed by atoms with Gasteiger partial charge in [-0.3, -0.25) is 4.79 Å². The molecular formula is C15H24N4OS. The lowest BCUT2D eigenvalue weighted by Crippen LogP contribution is -2.39. The molecule has 0 saturated carbocycles. The number of nitrogens with one attached hydrogen (secondary N) is 2. The summed E-state index contributed by atoms with van der Waals surface area (Å²) in [6.07, 6.45) is 0. The van der Waals surface area contributed by atoms with Crippen LogP contribution in [0.4, 0.5) is 0 Å². The van der Waals surface area contributed by atoms with Crippen LogP contribution in [0.1, 0.15) is 15.9 Å². The van der Waals surface area contributed by atoms with Crippen LogP contribution in [0.2, 0.25) is 0 Å². The summed E-state index contributed by atoms with van der Waals surface area (Å²) in [6, 6.07) is 7.54. The Bertz CT molecular complexity index is 473. The summed E-state index contributed by atoms with van der Waals surface area (Å²) in [4.78, 5) is 15.6. The number of nitrogens with zero attached hydrogens (tertiary/aromatic N) is 2. The Morgan fingerprint density at radius 2 is 1.81 bits per heavy atom. The fourth-order valence-electron chi connectivity index (χ4n) is 1.77. The molecular weight excluding hydrogens is 284 g/mol. The van der Waals surface area contributed by atoms with E-state index in [1.165, 1.54) is 0 Å². The summed E-state index contributed by atoms with van der Waals surface area (Å²) in [7, 11) is 7.64. The number of benzene rings is 1. The van der Waals surface area contributed by atoms with E-state index in [2.05, 4.69) is 15.5 Å². The van der Waals surface area contributed by atoms with Crippen molar-refractivity contribution in [3.05, 3.63) is 35.4 Å². The topological polar surface area (TPSA) is 47.6 Å². The molecule has 0 spiro atoms. The second-order valence-electron chi connectivity index (χ2n) is 5.17. The summed E-state index contributed by atoms with van der Waals surface area (Å²) in [5, 5.41) is 6.56. The molecule has 0 heterocycles. The van der Waals surface area contributed by atoms with Crippen molar-refractivity contribution in [1.29, 1.82) is 0 Å². The van der Waals surface area contributed by atoms with Crippen LogP contribution in [-0.4, -0.2) is 62.1 Å². The molecule has 0 aliphatic rings. The Kier molecular flexibility index (Phi) is 7.11. The van der Waals surface area contributed by atoms with Crippen LogP contribution in [0, 0.1) is 0 Å². The molecule has 0 saturated heterocycles. The van der Waals surface area contributed by atoms with Crippen molar-refractivity contribution in [3.63, 3.8) is 0 Å². The molecule has 5 nitrogen and oxygen atoms in total. The van der Waals surface area contributed by atoms with Crippen molar-refractivity contribution in [3.8, 4) is 0 Å². The molecule has 0 aliphatic heterocycles. The first-order chi connectivity index (χ1) is 9.93. The first-order valence-electron chi connectivity index (χ1n) is 6.88. The van der Waals surface area contributed by atoms with Gasteiger partial charge < -0.3 is 20.4 Å². The van der Waals surface area contributed by atoms with Gasteiger partial charge in [-0.25, -0.2) is 0 Å². The van der Waals surface area contributed by atoms with Crippen molar-refractivity contribution >= 4 is 23.2 Å². The number of carbonyl (C=O) groups excluding carboxylic acids is 1. The molecule has 0 aliphatic carbocycles. The van der Waals surface area contributed by atoms with Gasteiger partial charge in [-0.05, 0) is 44.0 Å². The minimum absolute atomic E-state index is 0.0734. The number of hydrogen-bond acceptors (Lipinski definition) is 3. The predicted molar refractivity (Wildman–Crippen MR) is 90.5 cm³/mol. The Morgan fingerprint density at radius 3 is 2.33 bits per heavy atom. The van der Waals surface area contributed by atoms with Crippen molar-refractivity contribution in [2.45, 2.75) is 6.54 Å². The zero-order valence-electron chi connectivity index (χ0n) is 13.1. The Labute approximate surface area is 132 Å². The molecule has 0 radical (unpaired) electrons. The van der Waals surface area contributed by atoms with Gasteiger partial charge in [0.05, 0.1) is 0 Å². The maximum absolute atomic E-state index is 11.5. The van der Waals surface area contributed by atoms with E-state index in [0.29, 0.717) is 12.1 Å². The number of hydrogen-bond donors (Lipinski definition) is 2. The van der Waals surface area contributed by atoms with Gasteiger partial charge in [0, 0.05) is 39.3 Å². The highest BCUT2D eigenvalue weighted by Gasteiger charge is 2.06. The average Bonchev–Trinajstić information content (AvgIpc) is 2.46. The van der Waals surface area contributed by atoms with Gasteiger partial charge in [0.15, 0.2) is 5.11 Å². The second-order valence-corrected chi connectivity index (χ2v) is 5.55. The molecule has 2 N–H and O–H groups in total. The van der Waals surface area contributed by atoms with Crippen LogP contribution in [0.3, 0.4) is 0 Å². The summed E-state index contributed by atoms with van der Waals surface area (Å²) in [5.41, 5.74) is 1.78. The molecule has 0 atom stereocenters. The molecule has 21 heavy (non-hydrogen) atoms. The fraction of sp³-hybridized carbons (Fsp3) is 0.467. The zero-order valence-corrected chi connectivity index (χ0v) is 14.0. The van der Waals surface area contributed by atoms with Gasteiger partial charge in [0.25, 0.3) is 5.91 Å². The molecule has 1 rings (SSSR count). The van der Waals surface area contributed by atoms with Gasteiger partial charge in [0.1, 0.15) is 0 Å². The van der Waals surface area contributed by atoms with E-state index >= 15 is 0 Å². The van der Waals surface area contributed by atoms with Crippen LogP contribution in [0.25, 0.3) is 0 Å². The molecule has 0 aromatic heterocycles. The predicted octanol–water partition coefficient (Wildman–Crippen LogP) is 0.914. The molecule has 116 valence electrons. The average molecular weight is 308 g/mol. The maximum Gasteiger partial charge on any atom is 0.251 e. The molecule has 1 aromatic carbocycles. The van der Waals surface area contributed by atoms with Gasteiger partial charge in [0.2, 0.25) is 0 Å². The van der Waals surface area contributed by atoms with Gasteiger partial charge in [-0.2, -0.15) is 0 Å². The van der Waals surface area contributed by atoms with E-state index in [1.54, 1.807) is 7.05 Å². The van der Waals surface area contributed by atoms with Crippen LogP contribution < -0.4 is 10.6 Å². The molecule has 6 heteroatoms. The van der Waals surface area contributed by atoms with Gasteiger partial charge in [-0.15, -0.1) is 0 Å². The largest absolute Gasteiger partial charge is 0.361 e. The number of thiocarbonyl (C=S) groups is 1. The molecule has 1 amide bonds. The van der Waals surface area contributed by atoms with Crippen LogP contribution >= 0.6 is 12.2 Å². The lowest BCUT2D eigenvalue weighted by atomic mass is 10.1. The first-order valence-corrected chi connectivity index (χ1v) is 7.29. The molecule has 0 unspecified atom stereocenters. The lowest BCUT2D eigenvalue weighted by Gasteiger charge is -2.22. The summed E-state index contributed by atoms with van der Waals surface area (Å²) in [5.74, 6) is -0.0734. The lowest BCUT2D eigenvalue weighted by molar-refractivity contribution is 0.0963. The Morgan fingerprint density at radius 1 is 1.19 bits per heavy atom. The highest BCUT2D eigenvalue weighted by molar-refractivity contribution is 7.80. The summed E-state index contributed by atoms with van der Waals surface area (Å²) in [6.45, 7) is 2.47. The van der Waals surface area contributed by atoms with Gasteiger partial charge in [-0.1, -0.05) is 12.1 Å². The van der Waals surface area contributed by atoms with Crippen LogP contribution in [-0.2, 0) is 6.54 Å². The number of amides is 1. The smallest absolute Gasteiger partial charge is 0.251 e. The van der Waals surface area contributed by atoms with E-state index in [0.717, 1.165) is 23.8 Å². The van der Waals surface area contributed by atoms with Crippen molar-refractivity contribution in [2.24, 2.45) is 0 Å². The van der Waals surface area contributed by atoms with E-state index < -0.39 is 0 Å². The van der Waals surface area contributed by atoms with Crippen LogP contribution in [0.5, 0.6) is 0 Å². The maximum atomic E-state index is 11.5. The Balaban J connectivity index is 2.48. The van der Waals surface area contributed by atoms with E-state index in [-0.39, 0.29) is 5.91 Å². The quantitative estimate of drug-likeness (QED) is 0.765. The third-order valence-electron chi connectivity index (χ3n) is 3.04. The van der Waals surface area contributed by atoms with Crippen molar-refractivity contribution < 1.29 is 4.79 Å². The minimum Gasteiger partial charge on any atom is -0.361 e. The zero-order chi connectivity index (χ0) is 15.8. The van der Waals surface area contributed by atoms with E-state index in [4.69, 9.17) is 12.2 Å². The first kappa shape index (κ1) is 17.4. The summed E-state index contributed by atoms with van der Waals surface area (Å²) < 4.78 is 0. The Hall–Kier alpha value is -1.66. The standard InChI is InChI=1S/C15H24N4OS/c1-16-14(20)13-7-5-12(6-8-13)11-19(4)15(21)17-9-10-18(2)3/h5-8H,9-11H2,1-4H3,(H,16,20)(H,17,21). The molecule has 0 fully saturated rings. The fourth-order valence-corrected chi connectivity index (χ4v) is 1.94. The third-order valence-corrected chi connectivity index (χ3v) is 3.50. The van der Waals surface area contributed by atoms with E-state index in [1.807, 2.05) is 50.3 Å². The SMILES string of the molecule is CNC(=O)c1ccc(CN(C)C(=S)NCCN(C)C)cc1. The monoisotopic (exact) mass is 308 g/mol. The molecule has 1 aromatic rings. The van der Waals surface area contributed by atoms with Crippen molar-refractivity contribution in [1.82, 2.24) is 20.4 Å². The molecule has 0 bridgehead atoms. The highest BCUT2D eigenvalue weighted by atomic mass is 32.1. The minimum atomic E-state index is -0.0734. The van der Waals surface area contributed by atoms with E-state index in [9.17, 15) is 4.79 Å². The second kappa shape index (κ2) is 8.59. The van der Waals surface area contributed by atoms with Gasteiger partial charge >= 0.3 is 0 Å². The number of likely N-dealkylation sites (N-methyl/N-ethyl adjacent to an activating group) is 1. The highest BCUT2D eigenvalue weighted by Crippen LogP contribution is 2.07. The third kappa shape index (κ3) is 6.10. The number of carbonyl (C=O) groups is 1. The normalized spacial score (nSPS) is 10.3. The summed E-state index contributed by atoms with van der Waals surface area (Å²) >= 11 is 5.35. The number of rotatable bonds is 6.